The molecule has 1 unspecified atom stereocenters. The summed E-state index contributed by atoms with van der Waals surface area (Å²) in [6.45, 7) is 14.2. The number of hydrogen-bond donors (Lipinski definition) is 1. The minimum absolute atomic E-state index is 0.0440. The van der Waals surface area contributed by atoms with Crippen molar-refractivity contribution in [3.8, 4) is 11.5 Å². The van der Waals surface area contributed by atoms with Crippen LogP contribution in [-0.2, 0) is 5.41 Å². The van der Waals surface area contributed by atoms with E-state index >= 15 is 0 Å². The molecule has 3 heteroatoms. The molecule has 3 aliphatic carbocycles. The zero-order valence-electron chi connectivity index (χ0n) is 22.5. The van der Waals surface area contributed by atoms with Crippen molar-refractivity contribution in [1.29, 1.82) is 0 Å². The van der Waals surface area contributed by atoms with E-state index in [4.69, 9.17) is 9.47 Å². The van der Waals surface area contributed by atoms with Gasteiger partial charge in [0.15, 0.2) is 0 Å². The summed E-state index contributed by atoms with van der Waals surface area (Å²) in [6.07, 6.45) is 11.0. The van der Waals surface area contributed by atoms with Crippen LogP contribution >= 0.6 is 0 Å². The topological polar surface area (TPSA) is 38.7 Å². The zero-order valence-corrected chi connectivity index (χ0v) is 22.5. The Bertz CT molecular complexity index is 810. The van der Waals surface area contributed by atoms with E-state index < -0.39 is 0 Å². The van der Waals surface area contributed by atoms with Crippen LogP contribution in [0.3, 0.4) is 0 Å². The number of ether oxygens (including phenoxy) is 2. The highest BCUT2D eigenvalue weighted by atomic mass is 16.5. The Kier molecular flexibility index (Phi) is 8.25. The molecule has 0 aromatic heterocycles. The first-order valence-corrected chi connectivity index (χ1v) is 13.2. The number of aliphatic hydroxyl groups excluding tert-OH is 1. The van der Waals surface area contributed by atoms with Crippen LogP contribution in [0.5, 0.6) is 11.5 Å². The summed E-state index contributed by atoms with van der Waals surface area (Å²) in [4.78, 5) is 0. The maximum Gasteiger partial charge on any atom is 0.126 e. The standard InChI is InChI=1S/C30H48O3/c1-9-11-12-14-21(13-10-2)29(3,4)22-16-26(32-7)28(27(17-22)33-8)23-15-20(19-31)24-18-25(23)30(24,5)6/h15-17,21,23-25,31H,9-14,18-19H2,1-8H3/t21?,23-,24+,25-/m0/s1. The number of rotatable bonds is 12. The van der Waals surface area contributed by atoms with Crippen molar-refractivity contribution >= 4 is 0 Å². The number of methoxy groups -OCH3 is 2. The van der Waals surface area contributed by atoms with Gasteiger partial charge < -0.3 is 14.6 Å². The molecular formula is C30H48O3. The molecule has 1 saturated carbocycles. The highest BCUT2D eigenvalue weighted by Crippen LogP contribution is 2.65. The van der Waals surface area contributed by atoms with Crippen LogP contribution < -0.4 is 9.47 Å². The lowest BCUT2D eigenvalue weighted by molar-refractivity contribution is -0.0260. The zero-order chi connectivity index (χ0) is 24.4. The minimum atomic E-state index is 0.0440. The number of aliphatic hydroxyl groups is 1. The number of allylic oxidation sites excluding steroid dienone is 1. The second kappa shape index (κ2) is 10.4. The molecule has 4 atom stereocenters. The molecule has 0 heterocycles. The van der Waals surface area contributed by atoms with Gasteiger partial charge in [-0.05, 0) is 71.1 Å². The van der Waals surface area contributed by atoms with E-state index in [-0.39, 0.29) is 23.4 Å². The fourth-order valence-corrected chi connectivity index (χ4v) is 6.84. The van der Waals surface area contributed by atoms with Crippen LogP contribution in [0, 0.1) is 23.2 Å². The first-order valence-electron chi connectivity index (χ1n) is 13.2. The summed E-state index contributed by atoms with van der Waals surface area (Å²) in [7, 11) is 3.57. The van der Waals surface area contributed by atoms with Gasteiger partial charge in [0.05, 0.1) is 20.8 Å². The monoisotopic (exact) mass is 456 g/mol. The van der Waals surface area contributed by atoms with E-state index in [9.17, 15) is 5.11 Å². The van der Waals surface area contributed by atoms with Crippen LogP contribution in [0.25, 0.3) is 0 Å². The highest BCUT2D eigenvalue weighted by molar-refractivity contribution is 5.55. The molecule has 0 radical (unpaired) electrons. The van der Waals surface area contributed by atoms with Crippen LogP contribution in [0.1, 0.15) is 104 Å². The average Bonchev–Trinajstić information content (AvgIpc) is 2.81. The summed E-state index contributed by atoms with van der Waals surface area (Å²) < 4.78 is 12.1. The Morgan fingerprint density at radius 2 is 1.67 bits per heavy atom. The molecule has 1 aromatic carbocycles. The lowest BCUT2D eigenvalue weighted by Crippen LogP contribution is -2.51. The third-order valence-electron chi connectivity index (χ3n) is 9.24. The van der Waals surface area contributed by atoms with Crippen molar-refractivity contribution in [2.75, 3.05) is 20.8 Å². The second-order valence-corrected chi connectivity index (χ2v) is 11.6. The molecule has 33 heavy (non-hydrogen) atoms. The summed E-state index contributed by atoms with van der Waals surface area (Å²) >= 11 is 0. The lowest BCUT2D eigenvalue weighted by atomic mass is 9.45. The fraction of sp³-hybridized carbons (Fsp3) is 0.733. The van der Waals surface area contributed by atoms with Crippen LogP contribution in [0.15, 0.2) is 23.8 Å². The molecule has 0 saturated heterocycles. The van der Waals surface area contributed by atoms with Gasteiger partial charge in [0.2, 0.25) is 0 Å². The van der Waals surface area contributed by atoms with Crippen molar-refractivity contribution in [3.05, 3.63) is 34.9 Å². The van der Waals surface area contributed by atoms with Gasteiger partial charge in [-0.3, -0.25) is 0 Å². The van der Waals surface area contributed by atoms with Gasteiger partial charge in [0, 0.05) is 11.5 Å². The molecule has 0 amide bonds. The largest absolute Gasteiger partial charge is 0.496 e. The fourth-order valence-electron chi connectivity index (χ4n) is 6.84. The van der Waals surface area contributed by atoms with E-state index in [1.54, 1.807) is 14.2 Å². The molecule has 1 N–H and O–H groups in total. The number of unbranched alkanes of at least 4 members (excludes halogenated alkanes) is 2. The number of fused-ring (bicyclic) bond motifs is 1. The van der Waals surface area contributed by atoms with Gasteiger partial charge in [0.1, 0.15) is 11.5 Å². The molecule has 1 aromatic rings. The van der Waals surface area contributed by atoms with Gasteiger partial charge in [-0.1, -0.05) is 73.3 Å². The summed E-state index contributed by atoms with van der Waals surface area (Å²) in [5.41, 5.74) is 3.88. The van der Waals surface area contributed by atoms with E-state index in [0.29, 0.717) is 17.8 Å². The molecule has 0 aliphatic heterocycles. The van der Waals surface area contributed by atoms with Crippen molar-refractivity contribution in [2.45, 2.75) is 97.8 Å². The number of hydrogen-bond acceptors (Lipinski definition) is 3. The van der Waals surface area contributed by atoms with Gasteiger partial charge >= 0.3 is 0 Å². The normalized spacial score (nSPS) is 24.6. The lowest BCUT2D eigenvalue weighted by Gasteiger charge is -2.59. The van der Waals surface area contributed by atoms with E-state index in [0.717, 1.165) is 23.5 Å². The maximum absolute atomic E-state index is 10.1. The predicted octanol–water partition coefficient (Wildman–Crippen LogP) is 7.66. The third kappa shape index (κ3) is 4.72. The van der Waals surface area contributed by atoms with Gasteiger partial charge in [0.25, 0.3) is 0 Å². The second-order valence-electron chi connectivity index (χ2n) is 11.6. The highest BCUT2D eigenvalue weighted by Gasteiger charge is 2.56. The van der Waals surface area contributed by atoms with Gasteiger partial charge in [-0.25, -0.2) is 0 Å². The molecule has 3 aliphatic rings. The smallest absolute Gasteiger partial charge is 0.126 e. The van der Waals surface area contributed by atoms with Crippen LogP contribution in [-0.4, -0.2) is 25.9 Å². The van der Waals surface area contributed by atoms with Crippen molar-refractivity contribution in [1.82, 2.24) is 0 Å². The van der Waals surface area contributed by atoms with Crippen molar-refractivity contribution in [3.63, 3.8) is 0 Å². The molecule has 1 fully saturated rings. The Balaban J connectivity index is 2.04. The summed E-state index contributed by atoms with van der Waals surface area (Å²) in [5.74, 6) is 3.75. The Morgan fingerprint density at radius 1 is 1.03 bits per heavy atom. The van der Waals surface area contributed by atoms with Gasteiger partial charge in [-0.2, -0.15) is 0 Å². The Morgan fingerprint density at radius 3 is 2.15 bits per heavy atom. The van der Waals surface area contributed by atoms with Crippen molar-refractivity contribution in [2.24, 2.45) is 23.2 Å². The molecular weight excluding hydrogens is 408 g/mol. The first kappa shape index (κ1) is 26.1. The van der Waals surface area contributed by atoms with Crippen molar-refractivity contribution < 1.29 is 14.6 Å². The Hall–Kier alpha value is -1.48. The minimum Gasteiger partial charge on any atom is -0.496 e. The van der Waals surface area contributed by atoms with E-state index in [2.05, 4.69) is 59.8 Å². The average molecular weight is 457 g/mol. The quantitative estimate of drug-likeness (QED) is 0.259. The SMILES string of the molecule is CCCCCC(CCC)C(C)(C)c1cc(OC)c([C@H]2C=C(CO)[C@H]3C[C@@H]2C3(C)C)c(OC)c1. The van der Waals surface area contributed by atoms with E-state index in [1.165, 1.54) is 49.7 Å². The predicted molar refractivity (Wildman–Crippen MR) is 138 cm³/mol. The van der Waals surface area contributed by atoms with Gasteiger partial charge in [-0.15, -0.1) is 0 Å². The van der Waals surface area contributed by atoms with Crippen LogP contribution in [0.2, 0.25) is 0 Å². The molecule has 186 valence electrons. The molecule has 3 nitrogen and oxygen atoms in total. The maximum atomic E-state index is 10.1. The summed E-state index contributed by atoms with van der Waals surface area (Å²) in [5, 5.41) is 10.1. The molecule has 4 rings (SSSR count). The first-order chi connectivity index (χ1) is 15.7. The Labute approximate surface area is 203 Å². The number of benzene rings is 1. The third-order valence-corrected chi connectivity index (χ3v) is 9.24. The van der Waals surface area contributed by atoms with Crippen LogP contribution in [0.4, 0.5) is 0 Å². The summed E-state index contributed by atoms with van der Waals surface area (Å²) in [6, 6.07) is 4.56. The molecule has 2 bridgehead atoms. The molecule has 0 spiro atoms. The van der Waals surface area contributed by atoms with E-state index in [1.807, 2.05) is 0 Å².